The number of methoxy groups -OCH3 is 1. The number of carbonyl (C=O) groups excluding carboxylic acids is 1. The highest BCUT2D eigenvalue weighted by Gasteiger charge is 2.18. The van der Waals surface area contributed by atoms with Crippen LogP contribution >= 0.6 is 0 Å². The van der Waals surface area contributed by atoms with Crippen molar-refractivity contribution in [3.63, 3.8) is 0 Å². The summed E-state index contributed by atoms with van der Waals surface area (Å²) in [6.45, 7) is 2.17. The number of carbonyl (C=O) groups is 1. The van der Waals surface area contributed by atoms with Crippen LogP contribution in [0.3, 0.4) is 0 Å². The fraction of sp³-hybridized carbons (Fsp3) is 0.250. The Morgan fingerprint density at radius 3 is 2.68 bits per heavy atom. The molecule has 0 spiro atoms. The van der Waals surface area contributed by atoms with Gasteiger partial charge in [0.1, 0.15) is 10.4 Å². The van der Waals surface area contributed by atoms with Gasteiger partial charge in [0, 0.05) is 24.1 Å². The molecule has 0 aliphatic heterocycles. The standard InChI is InChI=1S/C20H20N6O4S/c1-3-4-17(27)25-31(28,29)14-6-5-13(21-9-14)11-26-12-23-16-10-22-20-15(19(16)26)7-8-18(24-20)30-2/h5-10,12H,3-4,11H2,1-2H3,(H,25,27). The summed E-state index contributed by atoms with van der Waals surface area (Å²) in [5.74, 6) is -0.0721. The number of rotatable bonds is 7. The van der Waals surface area contributed by atoms with Crippen molar-refractivity contribution >= 4 is 38.0 Å². The van der Waals surface area contributed by atoms with Crippen molar-refractivity contribution in [3.05, 3.63) is 48.7 Å². The molecule has 4 aromatic rings. The van der Waals surface area contributed by atoms with Crippen LogP contribution in [0.4, 0.5) is 0 Å². The van der Waals surface area contributed by atoms with Gasteiger partial charge in [-0.15, -0.1) is 0 Å². The van der Waals surface area contributed by atoms with Gasteiger partial charge >= 0.3 is 0 Å². The van der Waals surface area contributed by atoms with E-state index in [0.717, 1.165) is 10.9 Å². The summed E-state index contributed by atoms with van der Waals surface area (Å²) in [4.78, 5) is 28.9. The molecule has 11 heteroatoms. The van der Waals surface area contributed by atoms with Crippen molar-refractivity contribution in [1.29, 1.82) is 0 Å². The lowest BCUT2D eigenvalue weighted by atomic mass is 10.2. The highest BCUT2D eigenvalue weighted by Crippen LogP contribution is 2.24. The summed E-state index contributed by atoms with van der Waals surface area (Å²) < 4.78 is 33.7. The van der Waals surface area contributed by atoms with Crippen LogP contribution in [0.25, 0.3) is 22.1 Å². The van der Waals surface area contributed by atoms with Crippen molar-refractivity contribution in [2.24, 2.45) is 0 Å². The zero-order chi connectivity index (χ0) is 22.0. The smallest absolute Gasteiger partial charge is 0.265 e. The second-order valence-corrected chi connectivity index (χ2v) is 8.54. The summed E-state index contributed by atoms with van der Waals surface area (Å²) in [7, 11) is -2.40. The van der Waals surface area contributed by atoms with E-state index in [9.17, 15) is 13.2 Å². The second kappa shape index (κ2) is 8.26. The SMILES string of the molecule is CCCC(=O)NS(=O)(=O)c1ccc(Cn2cnc3cnc4nc(OC)ccc4c32)nc1. The molecule has 1 N–H and O–H groups in total. The number of hydrogen-bond acceptors (Lipinski definition) is 8. The summed E-state index contributed by atoms with van der Waals surface area (Å²) in [5.41, 5.74) is 2.71. The Hall–Kier alpha value is -3.60. The zero-order valence-electron chi connectivity index (χ0n) is 16.9. The van der Waals surface area contributed by atoms with Gasteiger partial charge in [-0.05, 0) is 24.6 Å². The van der Waals surface area contributed by atoms with Gasteiger partial charge in [-0.2, -0.15) is 4.98 Å². The highest BCUT2D eigenvalue weighted by atomic mass is 32.2. The maximum atomic E-state index is 12.3. The molecule has 0 atom stereocenters. The largest absolute Gasteiger partial charge is 0.481 e. The maximum absolute atomic E-state index is 12.3. The first-order valence-corrected chi connectivity index (χ1v) is 11.0. The molecule has 0 saturated heterocycles. The molecule has 0 fully saturated rings. The van der Waals surface area contributed by atoms with Crippen molar-refractivity contribution < 1.29 is 17.9 Å². The first-order valence-electron chi connectivity index (χ1n) is 9.56. The number of nitrogens with zero attached hydrogens (tertiary/aromatic N) is 5. The number of aromatic nitrogens is 5. The van der Waals surface area contributed by atoms with Crippen molar-refractivity contribution in [2.75, 3.05) is 7.11 Å². The molecule has 4 rings (SSSR count). The van der Waals surface area contributed by atoms with E-state index in [1.54, 1.807) is 38.7 Å². The molecule has 0 saturated carbocycles. The van der Waals surface area contributed by atoms with Gasteiger partial charge in [0.15, 0.2) is 5.65 Å². The first-order chi connectivity index (χ1) is 14.9. The molecule has 0 radical (unpaired) electrons. The van der Waals surface area contributed by atoms with Crippen molar-refractivity contribution in [3.8, 4) is 5.88 Å². The van der Waals surface area contributed by atoms with E-state index in [1.165, 1.54) is 12.3 Å². The molecule has 0 aromatic carbocycles. The molecule has 31 heavy (non-hydrogen) atoms. The van der Waals surface area contributed by atoms with Crippen molar-refractivity contribution in [2.45, 2.75) is 31.2 Å². The van der Waals surface area contributed by atoms with Gasteiger partial charge < -0.3 is 9.30 Å². The third-order valence-corrected chi connectivity index (χ3v) is 6.01. The average molecular weight is 440 g/mol. The summed E-state index contributed by atoms with van der Waals surface area (Å²) in [5, 5.41) is 0.814. The van der Waals surface area contributed by atoms with Crippen LogP contribution in [-0.2, 0) is 21.4 Å². The lowest BCUT2D eigenvalue weighted by Gasteiger charge is -2.09. The molecule has 0 aliphatic carbocycles. The fourth-order valence-electron chi connectivity index (χ4n) is 3.18. The maximum Gasteiger partial charge on any atom is 0.265 e. The lowest BCUT2D eigenvalue weighted by Crippen LogP contribution is -2.30. The van der Waals surface area contributed by atoms with E-state index in [4.69, 9.17) is 4.74 Å². The van der Waals surface area contributed by atoms with E-state index >= 15 is 0 Å². The van der Waals surface area contributed by atoms with Gasteiger partial charge in [0.05, 0.1) is 37.4 Å². The van der Waals surface area contributed by atoms with Crippen LogP contribution in [0.1, 0.15) is 25.5 Å². The highest BCUT2D eigenvalue weighted by molar-refractivity contribution is 7.90. The van der Waals surface area contributed by atoms with Gasteiger partial charge in [0.25, 0.3) is 10.0 Å². The van der Waals surface area contributed by atoms with Crippen molar-refractivity contribution in [1.82, 2.24) is 29.2 Å². The van der Waals surface area contributed by atoms with Crippen LogP contribution in [0.15, 0.2) is 47.9 Å². The summed E-state index contributed by atoms with van der Waals surface area (Å²) >= 11 is 0. The normalized spacial score (nSPS) is 11.7. The predicted octanol–water partition coefficient (Wildman–Crippen LogP) is 2.04. The second-order valence-electron chi connectivity index (χ2n) is 6.85. The fourth-order valence-corrected chi connectivity index (χ4v) is 4.14. The summed E-state index contributed by atoms with van der Waals surface area (Å²) in [6.07, 6.45) is 5.25. The predicted molar refractivity (Wildman–Crippen MR) is 113 cm³/mol. The number of pyridine rings is 3. The minimum atomic E-state index is -3.94. The number of nitrogens with one attached hydrogen (secondary N) is 1. The minimum absolute atomic E-state index is 0.0675. The molecule has 0 aliphatic rings. The Bertz CT molecular complexity index is 1370. The number of hydrogen-bond donors (Lipinski definition) is 1. The third-order valence-electron chi connectivity index (χ3n) is 4.65. The first kappa shape index (κ1) is 20.7. The molecule has 0 unspecified atom stereocenters. The number of sulfonamides is 1. The molecule has 4 aromatic heterocycles. The van der Waals surface area contributed by atoms with Crippen LogP contribution in [0.5, 0.6) is 5.88 Å². The van der Waals surface area contributed by atoms with E-state index in [0.29, 0.717) is 35.7 Å². The lowest BCUT2D eigenvalue weighted by molar-refractivity contribution is -0.119. The van der Waals surface area contributed by atoms with Gasteiger partial charge in [0.2, 0.25) is 11.8 Å². The Labute approximate surface area is 178 Å². The van der Waals surface area contributed by atoms with E-state index < -0.39 is 15.9 Å². The topological polar surface area (TPSA) is 129 Å². The average Bonchev–Trinajstić information content (AvgIpc) is 3.16. The van der Waals surface area contributed by atoms with Gasteiger partial charge in [-0.1, -0.05) is 6.92 Å². The van der Waals surface area contributed by atoms with Crippen LogP contribution in [0, 0.1) is 0 Å². The molecule has 4 heterocycles. The molecule has 0 bridgehead atoms. The van der Waals surface area contributed by atoms with E-state index in [-0.39, 0.29) is 11.3 Å². The minimum Gasteiger partial charge on any atom is -0.481 e. The molecule has 10 nitrogen and oxygen atoms in total. The summed E-state index contributed by atoms with van der Waals surface area (Å²) in [6, 6.07) is 6.66. The molecule has 160 valence electrons. The number of amides is 1. The number of ether oxygens (including phenoxy) is 1. The Balaban J connectivity index is 1.62. The Morgan fingerprint density at radius 1 is 1.13 bits per heavy atom. The Morgan fingerprint density at radius 2 is 1.97 bits per heavy atom. The van der Waals surface area contributed by atoms with Crippen LogP contribution < -0.4 is 9.46 Å². The quantitative estimate of drug-likeness (QED) is 0.462. The monoisotopic (exact) mass is 440 g/mol. The third kappa shape index (κ3) is 4.17. The van der Waals surface area contributed by atoms with Crippen LogP contribution in [-0.4, -0.2) is 45.9 Å². The van der Waals surface area contributed by atoms with E-state index in [1.807, 2.05) is 15.4 Å². The molecular formula is C20H20N6O4S. The Kier molecular flexibility index (Phi) is 5.51. The molecule has 1 amide bonds. The van der Waals surface area contributed by atoms with E-state index in [2.05, 4.69) is 19.9 Å². The van der Waals surface area contributed by atoms with Gasteiger partial charge in [-0.3, -0.25) is 9.78 Å². The number of imidazole rings is 1. The number of fused-ring (bicyclic) bond motifs is 3. The molecular weight excluding hydrogens is 420 g/mol. The van der Waals surface area contributed by atoms with Crippen LogP contribution in [0.2, 0.25) is 0 Å². The zero-order valence-corrected chi connectivity index (χ0v) is 17.8. The van der Waals surface area contributed by atoms with Gasteiger partial charge in [-0.25, -0.2) is 23.1 Å².